The molecule has 8 amide bonds. The van der Waals surface area contributed by atoms with E-state index in [4.69, 9.17) is 10.5 Å². The summed E-state index contributed by atoms with van der Waals surface area (Å²) in [7, 11) is 1.41. The third-order valence-electron chi connectivity index (χ3n) is 11.2. The summed E-state index contributed by atoms with van der Waals surface area (Å²) in [6.07, 6.45) is 2.10. The van der Waals surface area contributed by atoms with E-state index in [1.165, 1.54) is 42.1 Å². The summed E-state index contributed by atoms with van der Waals surface area (Å²) in [6, 6.07) is -1.85. The van der Waals surface area contributed by atoms with Crippen molar-refractivity contribution in [1.29, 1.82) is 0 Å². The van der Waals surface area contributed by atoms with Crippen molar-refractivity contribution >= 4 is 53.2 Å². The summed E-state index contributed by atoms with van der Waals surface area (Å²) in [5.74, 6) is -7.98. The van der Waals surface area contributed by atoms with Gasteiger partial charge in [-0.25, -0.2) is 0 Å². The topological polar surface area (TPSA) is 276 Å². The highest BCUT2D eigenvalue weighted by Crippen LogP contribution is 2.24. The van der Waals surface area contributed by atoms with Gasteiger partial charge >= 0.3 is 5.97 Å². The molecule has 2 heterocycles. The van der Waals surface area contributed by atoms with Crippen LogP contribution in [0.1, 0.15) is 92.6 Å². The van der Waals surface area contributed by atoms with E-state index in [0.29, 0.717) is 18.4 Å². The Hall–Kier alpha value is -6.01. The molecule has 1 aromatic carbocycles. The van der Waals surface area contributed by atoms with Gasteiger partial charge in [0, 0.05) is 32.0 Å². The number of rotatable bonds is 14. The molecule has 9 atom stereocenters. The van der Waals surface area contributed by atoms with Crippen LogP contribution in [0.15, 0.2) is 36.5 Å². The summed E-state index contributed by atoms with van der Waals surface area (Å²) < 4.78 is 5.60. The molecule has 342 valence electrons. The number of nitrogens with two attached hydrogens (primary N) is 1. The van der Waals surface area contributed by atoms with Gasteiger partial charge in [-0.15, -0.1) is 0 Å². The number of phenolic OH excluding ortho intramolecular Hbond substituents is 1. The van der Waals surface area contributed by atoms with E-state index in [9.17, 15) is 48.3 Å². The molecular weight excluding hydrogens is 805 g/mol. The third-order valence-corrected chi connectivity index (χ3v) is 11.2. The van der Waals surface area contributed by atoms with Gasteiger partial charge in [0.25, 0.3) is 0 Å². The van der Waals surface area contributed by atoms with Gasteiger partial charge in [-0.3, -0.25) is 43.2 Å². The molecule has 0 aliphatic carbocycles. The number of phenols is 1. The molecule has 0 radical (unpaired) electrons. The predicted molar refractivity (Wildman–Crippen MR) is 226 cm³/mol. The quantitative estimate of drug-likeness (QED) is 0.125. The Bertz CT molecular complexity index is 1840. The number of benzene rings is 1. The summed E-state index contributed by atoms with van der Waals surface area (Å²) in [6.45, 7) is 11.2. The SMILES string of the molecule is CCC(C)C(=O)N[C@@H](CCC(N)=O)C(=O)N[C@H]1C(=O)N[C@@H](CC(C)C)C(=O)N[C@H]2CC=CN(C2=O)C(C(C)CC)C(=O)N(C)[C@@H](Cc2ccc(O)cc2)C(=O)NCC(=O)O[C@@H]1C. The van der Waals surface area contributed by atoms with Crippen molar-refractivity contribution in [3.05, 3.63) is 42.1 Å². The predicted octanol–water partition coefficient (Wildman–Crippen LogP) is 0.281. The number of nitrogens with one attached hydrogen (secondary N) is 5. The second-order valence-electron chi connectivity index (χ2n) is 16.6. The van der Waals surface area contributed by atoms with E-state index in [1.807, 2.05) is 6.92 Å². The van der Waals surface area contributed by atoms with Gasteiger partial charge in [-0.1, -0.05) is 66.2 Å². The van der Waals surface area contributed by atoms with Crippen LogP contribution >= 0.6 is 0 Å². The van der Waals surface area contributed by atoms with Crippen LogP contribution in [0.2, 0.25) is 0 Å². The van der Waals surface area contributed by atoms with Gasteiger partial charge in [0.05, 0.1) is 0 Å². The molecule has 62 heavy (non-hydrogen) atoms. The molecule has 1 saturated heterocycles. The number of carbonyl (C=O) groups excluding carboxylic acids is 9. The average Bonchev–Trinajstić information content (AvgIpc) is 3.22. The maximum absolute atomic E-state index is 14.5. The van der Waals surface area contributed by atoms with Crippen LogP contribution in [-0.2, 0) is 54.3 Å². The number of hydrogen-bond acceptors (Lipinski definition) is 11. The number of aromatic hydroxyl groups is 1. The van der Waals surface area contributed by atoms with Crippen molar-refractivity contribution in [1.82, 2.24) is 36.4 Å². The molecule has 2 aliphatic heterocycles. The van der Waals surface area contributed by atoms with Gasteiger partial charge in [0.1, 0.15) is 54.6 Å². The van der Waals surface area contributed by atoms with Gasteiger partial charge in [-0.2, -0.15) is 0 Å². The first-order valence-corrected chi connectivity index (χ1v) is 21.2. The molecule has 8 N–H and O–H groups in total. The molecule has 1 fully saturated rings. The van der Waals surface area contributed by atoms with Crippen molar-refractivity contribution in [3.8, 4) is 5.75 Å². The molecule has 3 rings (SSSR count). The number of likely N-dealkylation sites (N-methyl/N-ethyl adjacent to an activating group) is 1. The summed E-state index contributed by atoms with van der Waals surface area (Å²) in [4.78, 5) is 125. The molecule has 1 aromatic rings. The van der Waals surface area contributed by atoms with Gasteiger partial charge in [-0.05, 0) is 62.1 Å². The largest absolute Gasteiger partial charge is 0.508 e. The first-order chi connectivity index (χ1) is 29.2. The lowest BCUT2D eigenvalue weighted by atomic mass is 9.93. The highest BCUT2D eigenvalue weighted by Gasteiger charge is 2.42. The smallest absolute Gasteiger partial charge is 0.325 e. The third kappa shape index (κ3) is 14.0. The van der Waals surface area contributed by atoms with Crippen molar-refractivity contribution in [2.45, 2.75) is 136 Å². The normalized spacial score (nSPS) is 24.6. The minimum Gasteiger partial charge on any atom is -0.508 e. The number of nitrogens with zero attached hydrogens (tertiary/aromatic N) is 2. The number of carbonyl (C=O) groups is 9. The Morgan fingerprint density at radius 3 is 2.18 bits per heavy atom. The second-order valence-corrected chi connectivity index (χ2v) is 16.6. The average molecular weight is 869 g/mol. The Balaban J connectivity index is 2.12. The number of ether oxygens (including phenoxy) is 1. The number of amides is 8. The highest BCUT2D eigenvalue weighted by atomic mass is 16.5. The number of primary amides is 1. The monoisotopic (exact) mass is 868 g/mol. The minimum absolute atomic E-state index is 0.0235. The Morgan fingerprint density at radius 2 is 1.58 bits per heavy atom. The Labute approximate surface area is 362 Å². The van der Waals surface area contributed by atoms with Crippen LogP contribution in [0, 0.1) is 17.8 Å². The zero-order valence-corrected chi connectivity index (χ0v) is 36.9. The van der Waals surface area contributed by atoms with E-state index in [0.717, 1.165) is 0 Å². The van der Waals surface area contributed by atoms with Crippen LogP contribution in [0.3, 0.4) is 0 Å². The van der Waals surface area contributed by atoms with Crippen LogP contribution in [0.4, 0.5) is 0 Å². The lowest BCUT2D eigenvalue weighted by molar-refractivity contribution is -0.153. The lowest BCUT2D eigenvalue weighted by Gasteiger charge is -2.40. The van der Waals surface area contributed by atoms with Gasteiger partial charge in [0.2, 0.25) is 47.3 Å². The lowest BCUT2D eigenvalue weighted by Crippen LogP contribution is -2.62. The molecular formula is C43H64N8O11. The molecule has 2 aliphatic rings. The second kappa shape index (κ2) is 23.3. The molecule has 0 aromatic heterocycles. The number of esters is 1. The molecule has 19 heteroatoms. The Kier molecular flexibility index (Phi) is 18.9. The van der Waals surface area contributed by atoms with Crippen molar-refractivity contribution in [3.63, 3.8) is 0 Å². The van der Waals surface area contributed by atoms with E-state index in [-0.39, 0.29) is 43.8 Å². The maximum atomic E-state index is 14.5. The highest BCUT2D eigenvalue weighted by molar-refractivity contribution is 5.98. The van der Waals surface area contributed by atoms with Crippen LogP contribution in [0.25, 0.3) is 0 Å². The fraction of sp³-hybridized carbons (Fsp3) is 0.605. The maximum Gasteiger partial charge on any atom is 0.325 e. The molecule has 0 saturated carbocycles. The number of fused-ring (bicyclic) bond motifs is 2. The fourth-order valence-electron chi connectivity index (χ4n) is 7.03. The van der Waals surface area contributed by atoms with Crippen molar-refractivity contribution in [2.75, 3.05) is 13.6 Å². The summed E-state index contributed by atoms with van der Waals surface area (Å²) in [5, 5.41) is 22.9. The molecule has 19 nitrogen and oxygen atoms in total. The van der Waals surface area contributed by atoms with E-state index in [2.05, 4.69) is 26.6 Å². The van der Waals surface area contributed by atoms with Gasteiger partial charge in [0.15, 0.2) is 0 Å². The van der Waals surface area contributed by atoms with E-state index < -0.39 is 114 Å². The molecule has 0 spiro atoms. The van der Waals surface area contributed by atoms with Gasteiger partial charge < -0.3 is 52.0 Å². The van der Waals surface area contributed by atoms with Crippen molar-refractivity contribution < 1.29 is 53.0 Å². The van der Waals surface area contributed by atoms with Crippen LogP contribution in [0.5, 0.6) is 5.75 Å². The van der Waals surface area contributed by atoms with E-state index in [1.54, 1.807) is 52.8 Å². The first-order valence-electron chi connectivity index (χ1n) is 21.2. The molecule has 2 bridgehead atoms. The zero-order chi connectivity index (χ0) is 46.4. The van der Waals surface area contributed by atoms with E-state index >= 15 is 0 Å². The van der Waals surface area contributed by atoms with Crippen LogP contribution < -0.4 is 32.3 Å². The fourth-order valence-corrected chi connectivity index (χ4v) is 7.03. The van der Waals surface area contributed by atoms with Crippen molar-refractivity contribution in [2.24, 2.45) is 23.5 Å². The first kappa shape index (κ1) is 50.3. The number of cyclic esters (lactones) is 1. The summed E-state index contributed by atoms with van der Waals surface area (Å²) >= 11 is 0. The standard InChI is InChI=1S/C43H64N8O11/c1-9-24(5)36-43(61)50(8)32(21-27-13-15-28(52)16-14-27)40(58)45-22-34(54)62-26(7)35(49-38(56)29(17-18-33(44)53)46-37(55)25(6)10-2)41(59)48-31(20-23(3)4)39(57)47-30-12-11-19-51(36)42(30)60/h11,13-16,19,23-26,29-32,35-36,52H,9-10,12,17-18,20-22H2,1-8H3,(H2,44,53)(H,45,58)(H,46,55)(H,47,57)(H,48,59)(H,49,56)/t24?,25?,26-,29+,30+,31+,32+,35-,36?/m1/s1. The minimum atomic E-state index is -1.69. The zero-order valence-electron chi connectivity index (χ0n) is 36.9. The summed E-state index contributed by atoms with van der Waals surface area (Å²) in [5.41, 5.74) is 5.91. The molecule has 3 unspecified atom stereocenters. The van der Waals surface area contributed by atoms with Crippen LogP contribution in [-0.4, -0.2) is 124 Å². The Morgan fingerprint density at radius 1 is 0.919 bits per heavy atom. The number of hydrogen-bond donors (Lipinski definition) is 7.